The topological polar surface area (TPSA) is 63.7 Å². The Morgan fingerprint density at radius 1 is 1.39 bits per heavy atom. The monoisotopic (exact) mass is 403 g/mol. The molecule has 0 N–H and O–H groups in total. The minimum atomic E-state index is -3.87. The Bertz CT molecular complexity index is 658. The van der Waals surface area contributed by atoms with Gasteiger partial charge in [-0.3, -0.25) is 4.79 Å². The molecule has 0 radical (unpaired) electrons. The Labute approximate surface area is 146 Å². The maximum atomic E-state index is 13.1. The van der Waals surface area contributed by atoms with Gasteiger partial charge in [-0.1, -0.05) is 32.1 Å². The molecule has 0 aromatic heterocycles. The van der Waals surface area contributed by atoms with Crippen LogP contribution in [0.15, 0.2) is 46.3 Å². The van der Waals surface area contributed by atoms with Crippen LogP contribution in [-0.4, -0.2) is 38.4 Å². The lowest BCUT2D eigenvalue weighted by Gasteiger charge is -2.31. The zero-order chi connectivity index (χ0) is 17.6. The molecule has 0 aliphatic rings. The van der Waals surface area contributed by atoms with Crippen molar-refractivity contribution in [3.8, 4) is 0 Å². The van der Waals surface area contributed by atoms with Crippen LogP contribution in [0.25, 0.3) is 0 Å². The Kier molecular flexibility index (Phi) is 7.44. The second-order valence-electron chi connectivity index (χ2n) is 5.34. The van der Waals surface area contributed by atoms with Gasteiger partial charge in [0.05, 0.1) is 12.0 Å². The summed E-state index contributed by atoms with van der Waals surface area (Å²) in [5, 5.41) is 0. The van der Waals surface area contributed by atoms with Crippen molar-refractivity contribution in [2.45, 2.75) is 31.2 Å². The number of ether oxygens (including phenoxy) is 1. The average Bonchev–Trinajstić information content (AvgIpc) is 2.50. The van der Waals surface area contributed by atoms with Crippen LogP contribution in [0, 0.1) is 5.92 Å². The molecule has 1 atom stereocenters. The van der Waals surface area contributed by atoms with E-state index in [9.17, 15) is 13.2 Å². The summed E-state index contributed by atoms with van der Waals surface area (Å²) < 4.78 is 32.6. The van der Waals surface area contributed by atoms with E-state index in [2.05, 4.69) is 22.5 Å². The van der Waals surface area contributed by atoms with Crippen LogP contribution in [0.3, 0.4) is 0 Å². The molecular weight excluding hydrogens is 382 g/mol. The number of halogens is 1. The highest BCUT2D eigenvalue weighted by atomic mass is 79.9. The SMILES string of the molecule is C=CCCN([C@H](C(=O)OC)C(C)C)S(=O)(=O)c1ccccc1Br. The first-order valence-electron chi connectivity index (χ1n) is 7.22. The zero-order valence-electron chi connectivity index (χ0n) is 13.5. The number of benzene rings is 1. The molecule has 0 aliphatic heterocycles. The van der Waals surface area contributed by atoms with Crippen molar-refractivity contribution in [1.82, 2.24) is 4.31 Å². The fraction of sp³-hybridized carbons (Fsp3) is 0.438. The molecule has 128 valence electrons. The summed E-state index contributed by atoms with van der Waals surface area (Å²) in [7, 11) is -2.61. The van der Waals surface area contributed by atoms with Gasteiger partial charge in [0.2, 0.25) is 10.0 Å². The predicted molar refractivity (Wildman–Crippen MR) is 93.5 cm³/mol. The smallest absolute Gasteiger partial charge is 0.324 e. The maximum absolute atomic E-state index is 13.1. The quantitative estimate of drug-likeness (QED) is 0.493. The summed E-state index contributed by atoms with van der Waals surface area (Å²) >= 11 is 3.27. The van der Waals surface area contributed by atoms with Gasteiger partial charge in [-0.05, 0) is 40.4 Å². The number of sulfonamides is 1. The van der Waals surface area contributed by atoms with E-state index in [-0.39, 0.29) is 17.4 Å². The van der Waals surface area contributed by atoms with Crippen molar-refractivity contribution >= 4 is 31.9 Å². The second-order valence-corrected chi connectivity index (χ2v) is 8.05. The van der Waals surface area contributed by atoms with Crippen LogP contribution >= 0.6 is 15.9 Å². The molecule has 0 saturated heterocycles. The van der Waals surface area contributed by atoms with Gasteiger partial charge in [-0.2, -0.15) is 4.31 Å². The lowest BCUT2D eigenvalue weighted by molar-refractivity contribution is -0.146. The van der Waals surface area contributed by atoms with E-state index in [1.54, 1.807) is 38.1 Å². The summed E-state index contributed by atoms with van der Waals surface area (Å²) in [6, 6.07) is 5.65. The molecule has 5 nitrogen and oxygen atoms in total. The van der Waals surface area contributed by atoms with E-state index in [1.807, 2.05) is 0 Å². The highest BCUT2D eigenvalue weighted by Gasteiger charge is 2.38. The second kappa shape index (κ2) is 8.61. The van der Waals surface area contributed by atoms with Gasteiger partial charge in [0, 0.05) is 11.0 Å². The Morgan fingerprint density at radius 3 is 2.48 bits per heavy atom. The molecule has 1 rings (SSSR count). The average molecular weight is 404 g/mol. The van der Waals surface area contributed by atoms with Gasteiger partial charge >= 0.3 is 5.97 Å². The van der Waals surface area contributed by atoms with E-state index in [0.717, 1.165) is 0 Å². The zero-order valence-corrected chi connectivity index (χ0v) is 15.9. The molecule has 0 amide bonds. The summed E-state index contributed by atoms with van der Waals surface area (Å²) in [5.41, 5.74) is 0. The molecule has 7 heteroatoms. The molecule has 1 aromatic rings. The largest absolute Gasteiger partial charge is 0.468 e. The molecule has 0 saturated carbocycles. The van der Waals surface area contributed by atoms with Crippen molar-refractivity contribution in [3.05, 3.63) is 41.4 Å². The van der Waals surface area contributed by atoms with Gasteiger partial charge in [0.25, 0.3) is 0 Å². The number of hydrogen-bond donors (Lipinski definition) is 0. The molecule has 0 bridgehead atoms. The standard InChI is InChI=1S/C16H22BrNO4S/c1-5-6-11-18(15(12(2)3)16(19)22-4)23(20,21)14-10-8-7-9-13(14)17/h5,7-10,12,15H,1,6,11H2,2-4H3/t15-/m0/s1. The highest BCUT2D eigenvalue weighted by Crippen LogP contribution is 2.28. The van der Waals surface area contributed by atoms with Crippen molar-refractivity contribution in [3.63, 3.8) is 0 Å². The first-order chi connectivity index (χ1) is 10.8. The maximum Gasteiger partial charge on any atom is 0.324 e. The number of hydrogen-bond acceptors (Lipinski definition) is 4. The number of carbonyl (C=O) groups is 1. The third kappa shape index (κ3) is 4.65. The Balaban J connectivity index is 3.42. The molecule has 0 aliphatic carbocycles. The fourth-order valence-corrected chi connectivity index (χ4v) is 4.94. The van der Waals surface area contributed by atoms with Crippen LogP contribution < -0.4 is 0 Å². The van der Waals surface area contributed by atoms with Crippen molar-refractivity contribution < 1.29 is 17.9 Å². The van der Waals surface area contributed by atoms with Crippen molar-refractivity contribution in [1.29, 1.82) is 0 Å². The molecule has 23 heavy (non-hydrogen) atoms. The van der Waals surface area contributed by atoms with Crippen LogP contribution in [0.2, 0.25) is 0 Å². The number of methoxy groups -OCH3 is 1. The van der Waals surface area contributed by atoms with E-state index in [4.69, 9.17) is 4.74 Å². The summed E-state index contributed by atoms with van der Waals surface area (Å²) in [4.78, 5) is 12.3. The summed E-state index contributed by atoms with van der Waals surface area (Å²) in [5.74, 6) is -0.802. The first-order valence-corrected chi connectivity index (χ1v) is 9.45. The third-order valence-corrected chi connectivity index (χ3v) is 6.25. The lowest BCUT2D eigenvalue weighted by Crippen LogP contribution is -2.48. The third-order valence-electron chi connectivity index (χ3n) is 3.36. The molecule has 0 spiro atoms. The molecule has 0 unspecified atom stereocenters. The number of carbonyl (C=O) groups excluding carboxylic acids is 1. The minimum Gasteiger partial charge on any atom is -0.468 e. The number of rotatable bonds is 8. The van der Waals surface area contributed by atoms with Crippen LogP contribution in [0.5, 0.6) is 0 Å². The number of esters is 1. The minimum absolute atomic E-state index is 0.124. The normalized spacial score (nSPS) is 13.1. The summed E-state index contributed by atoms with van der Waals surface area (Å²) in [6.07, 6.45) is 2.06. The van der Waals surface area contributed by atoms with Crippen LogP contribution in [-0.2, 0) is 19.6 Å². The van der Waals surface area contributed by atoms with Crippen LogP contribution in [0.1, 0.15) is 20.3 Å². The Morgan fingerprint density at radius 2 is 2.00 bits per heavy atom. The van der Waals surface area contributed by atoms with Crippen molar-refractivity contribution in [2.75, 3.05) is 13.7 Å². The fourth-order valence-electron chi connectivity index (χ4n) is 2.25. The van der Waals surface area contributed by atoms with Gasteiger partial charge in [-0.15, -0.1) is 6.58 Å². The molecule has 1 aromatic carbocycles. The van der Waals surface area contributed by atoms with Crippen molar-refractivity contribution in [2.24, 2.45) is 5.92 Å². The van der Waals surface area contributed by atoms with Gasteiger partial charge in [-0.25, -0.2) is 8.42 Å². The van der Waals surface area contributed by atoms with Crippen LogP contribution in [0.4, 0.5) is 0 Å². The van der Waals surface area contributed by atoms with E-state index in [0.29, 0.717) is 10.9 Å². The molecule has 0 heterocycles. The highest BCUT2D eigenvalue weighted by molar-refractivity contribution is 9.10. The Hall–Kier alpha value is -1.18. The molecular formula is C16H22BrNO4S. The van der Waals surface area contributed by atoms with E-state index < -0.39 is 22.0 Å². The van der Waals surface area contributed by atoms with Gasteiger partial charge in [0.15, 0.2) is 0 Å². The predicted octanol–water partition coefficient (Wildman–Crippen LogP) is 3.21. The van der Waals surface area contributed by atoms with E-state index in [1.165, 1.54) is 17.5 Å². The van der Waals surface area contributed by atoms with E-state index >= 15 is 0 Å². The first kappa shape index (κ1) is 19.9. The number of nitrogens with zero attached hydrogens (tertiary/aromatic N) is 1. The summed E-state index contributed by atoms with van der Waals surface area (Å²) in [6.45, 7) is 7.36. The van der Waals surface area contributed by atoms with Gasteiger partial charge in [0.1, 0.15) is 6.04 Å². The lowest BCUT2D eigenvalue weighted by atomic mass is 10.0. The molecule has 0 fully saturated rings. The van der Waals surface area contributed by atoms with Gasteiger partial charge < -0.3 is 4.74 Å².